The third-order valence-corrected chi connectivity index (χ3v) is 3.53. The summed E-state index contributed by atoms with van der Waals surface area (Å²) in [4.78, 5) is 8.33. The van der Waals surface area contributed by atoms with Crippen LogP contribution in [0.15, 0.2) is 21.5 Å². The summed E-state index contributed by atoms with van der Waals surface area (Å²) in [6.07, 6.45) is 2.02. The number of fused-ring (bicyclic) bond motifs is 1. The average molecular weight is 258 g/mol. The third kappa shape index (κ3) is 1.42. The van der Waals surface area contributed by atoms with E-state index in [1.165, 1.54) is 0 Å². The highest BCUT2D eigenvalue weighted by Gasteiger charge is 2.08. The highest BCUT2D eigenvalue weighted by atomic mass is 79.9. The summed E-state index contributed by atoms with van der Waals surface area (Å²) in [5.74, 6) is 0.461. The zero-order valence-corrected chi connectivity index (χ0v) is 9.37. The van der Waals surface area contributed by atoms with Gasteiger partial charge in [-0.15, -0.1) is 11.8 Å². The van der Waals surface area contributed by atoms with E-state index >= 15 is 0 Å². The summed E-state index contributed by atoms with van der Waals surface area (Å²) in [7, 11) is 0. The molecule has 0 radical (unpaired) electrons. The van der Waals surface area contributed by atoms with Crippen molar-refractivity contribution in [2.75, 3.05) is 12.0 Å². The molecule has 68 valence electrons. The number of imidazole rings is 1. The van der Waals surface area contributed by atoms with Gasteiger partial charge in [-0.25, -0.2) is 4.98 Å². The highest BCUT2D eigenvalue weighted by molar-refractivity contribution is 9.10. The van der Waals surface area contributed by atoms with E-state index in [4.69, 9.17) is 5.73 Å². The molecule has 0 bridgehead atoms. The van der Waals surface area contributed by atoms with Crippen molar-refractivity contribution < 1.29 is 0 Å². The summed E-state index contributed by atoms with van der Waals surface area (Å²) in [5, 5.41) is 0. The lowest BCUT2D eigenvalue weighted by Crippen LogP contribution is -1.84. The molecule has 1 heterocycles. The van der Waals surface area contributed by atoms with E-state index in [1.807, 2.05) is 18.4 Å². The average Bonchev–Trinajstić information content (AvgIpc) is 2.45. The van der Waals surface area contributed by atoms with Crippen molar-refractivity contribution in [1.29, 1.82) is 0 Å². The SMILES string of the molecule is CSc1c(Br)ccc2[nH]c(N)nc12. The van der Waals surface area contributed by atoms with Gasteiger partial charge in [-0.05, 0) is 34.3 Å². The predicted octanol–water partition coefficient (Wildman–Crippen LogP) is 2.63. The second kappa shape index (κ2) is 3.23. The number of aromatic nitrogens is 2. The minimum Gasteiger partial charge on any atom is -0.369 e. The Labute approximate surface area is 88.2 Å². The van der Waals surface area contributed by atoms with Crippen LogP contribution in [0.3, 0.4) is 0 Å². The quantitative estimate of drug-likeness (QED) is 0.773. The number of nitrogens with zero attached hydrogens (tertiary/aromatic N) is 1. The number of anilines is 1. The van der Waals surface area contributed by atoms with Crippen molar-refractivity contribution in [2.45, 2.75) is 4.90 Å². The Kier molecular flexibility index (Phi) is 2.21. The van der Waals surface area contributed by atoms with E-state index in [-0.39, 0.29) is 0 Å². The van der Waals surface area contributed by atoms with Gasteiger partial charge in [-0.2, -0.15) is 0 Å². The first-order valence-corrected chi connectivity index (χ1v) is 5.72. The van der Waals surface area contributed by atoms with Gasteiger partial charge in [0, 0.05) is 9.37 Å². The van der Waals surface area contributed by atoms with Crippen LogP contribution in [0.25, 0.3) is 11.0 Å². The van der Waals surface area contributed by atoms with Crippen molar-refractivity contribution in [2.24, 2.45) is 0 Å². The molecule has 0 saturated carbocycles. The van der Waals surface area contributed by atoms with Crippen LogP contribution in [0.2, 0.25) is 0 Å². The molecule has 1 aromatic heterocycles. The summed E-state index contributed by atoms with van der Waals surface area (Å²) >= 11 is 5.12. The number of benzene rings is 1. The van der Waals surface area contributed by atoms with Gasteiger partial charge in [-0.1, -0.05) is 0 Å². The van der Waals surface area contributed by atoms with Crippen molar-refractivity contribution in [3.05, 3.63) is 16.6 Å². The van der Waals surface area contributed by atoms with Gasteiger partial charge < -0.3 is 10.7 Å². The smallest absolute Gasteiger partial charge is 0.198 e. The van der Waals surface area contributed by atoms with E-state index in [2.05, 4.69) is 25.9 Å². The molecule has 2 rings (SSSR count). The van der Waals surface area contributed by atoms with E-state index < -0.39 is 0 Å². The number of nitrogens with one attached hydrogen (secondary N) is 1. The van der Waals surface area contributed by atoms with Gasteiger partial charge in [-0.3, -0.25) is 0 Å². The molecule has 0 aliphatic rings. The van der Waals surface area contributed by atoms with Crippen molar-refractivity contribution in [3.63, 3.8) is 0 Å². The molecule has 0 atom stereocenters. The minimum absolute atomic E-state index is 0.461. The fraction of sp³-hybridized carbons (Fsp3) is 0.125. The molecular formula is C8H8BrN3S. The van der Waals surface area contributed by atoms with Crippen LogP contribution in [-0.2, 0) is 0 Å². The number of rotatable bonds is 1. The van der Waals surface area contributed by atoms with E-state index in [1.54, 1.807) is 11.8 Å². The zero-order valence-electron chi connectivity index (χ0n) is 6.97. The largest absolute Gasteiger partial charge is 0.369 e. The van der Waals surface area contributed by atoms with Gasteiger partial charge in [0.15, 0.2) is 5.95 Å². The number of nitrogens with two attached hydrogens (primary N) is 1. The molecule has 0 aliphatic carbocycles. The first-order chi connectivity index (χ1) is 6.22. The molecule has 1 aromatic carbocycles. The Balaban J connectivity index is 2.82. The van der Waals surface area contributed by atoms with Crippen molar-refractivity contribution >= 4 is 44.7 Å². The number of aromatic amines is 1. The lowest BCUT2D eigenvalue weighted by Gasteiger charge is -1.99. The Morgan fingerprint density at radius 3 is 3.00 bits per heavy atom. The van der Waals surface area contributed by atoms with Crippen molar-refractivity contribution in [1.82, 2.24) is 9.97 Å². The van der Waals surface area contributed by atoms with Gasteiger partial charge in [0.2, 0.25) is 0 Å². The van der Waals surface area contributed by atoms with Gasteiger partial charge in [0.05, 0.1) is 5.52 Å². The molecule has 2 aromatic rings. The molecule has 0 spiro atoms. The number of halogens is 1. The highest BCUT2D eigenvalue weighted by Crippen LogP contribution is 2.32. The second-order valence-corrected chi connectivity index (χ2v) is 4.27. The number of thioether (sulfide) groups is 1. The summed E-state index contributed by atoms with van der Waals surface area (Å²) < 4.78 is 1.05. The number of nitrogen functional groups attached to an aromatic ring is 1. The summed E-state index contributed by atoms with van der Waals surface area (Å²) in [6, 6.07) is 3.95. The monoisotopic (exact) mass is 257 g/mol. The number of hydrogen-bond acceptors (Lipinski definition) is 3. The maximum atomic E-state index is 5.57. The maximum absolute atomic E-state index is 5.57. The number of hydrogen-bond donors (Lipinski definition) is 2. The fourth-order valence-electron chi connectivity index (χ4n) is 1.24. The van der Waals surface area contributed by atoms with Gasteiger partial charge in [0.25, 0.3) is 0 Å². The molecule has 3 N–H and O–H groups in total. The van der Waals surface area contributed by atoms with Crippen LogP contribution >= 0.6 is 27.7 Å². The van der Waals surface area contributed by atoms with Gasteiger partial charge in [0.1, 0.15) is 5.52 Å². The maximum Gasteiger partial charge on any atom is 0.198 e. The lowest BCUT2D eigenvalue weighted by atomic mass is 10.3. The standard InChI is InChI=1S/C8H8BrN3S/c1-13-7-4(9)2-3-5-6(7)12-8(10)11-5/h2-3H,1H3,(H3,10,11,12). The topological polar surface area (TPSA) is 54.7 Å². The molecular weight excluding hydrogens is 250 g/mol. The minimum atomic E-state index is 0.461. The Hall–Kier alpha value is -0.680. The zero-order chi connectivity index (χ0) is 9.42. The van der Waals surface area contributed by atoms with E-state index in [0.29, 0.717) is 5.95 Å². The Morgan fingerprint density at radius 2 is 2.31 bits per heavy atom. The molecule has 0 saturated heterocycles. The number of H-pyrrole nitrogens is 1. The lowest BCUT2D eigenvalue weighted by molar-refractivity contribution is 1.34. The fourth-order valence-corrected chi connectivity index (χ4v) is 2.66. The van der Waals surface area contributed by atoms with Crippen LogP contribution in [0.4, 0.5) is 5.95 Å². The molecule has 0 amide bonds. The predicted molar refractivity (Wildman–Crippen MR) is 60.0 cm³/mol. The molecule has 0 fully saturated rings. The molecule has 13 heavy (non-hydrogen) atoms. The first-order valence-electron chi connectivity index (χ1n) is 3.70. The van der Waals surface area contributed by atoms with Crippen LogP contribution in [0.5, 0.6) is 0 Å². The molecule has 5 heteroatoms. The Morgan fingerprint density at radius 1 is 1.54 bits per heavy atom. The van der Waals surface area contributed by atoms with Crippen LogP contribution < -0.4 is 5.73 Å². The molecule has 3 nitrogen and oxygen atoms in total. The molecule has 0 aliphatic heterocycles. The van der Waals surface area contributed by atoms with Gasteiger partial charge >= 0.3 is 0 Å². The Bertz CT molecular complexity index is 452. The third-order valence-electron chi connectivity index (χ3n) is 1.78. The van der Waals surface area contributed by atoms with Crippen LogP contribution in [0.1, 0.15) is 0 Å². The van der Waals surface area contributed by atoms with Crippen LogP contribution in [-0.4, -0.2) is 16.2 Å². The summed E-state index contributed by atoms with van der Waals surface area (Å²) in [6.45, 7) is 0. The summed E-state index contributed by atoms with van der Waals surface area (Å²) in [5.41, 5.74) is 7.48. The normalized spacial score (nSPS) is 10.9. The molecule has 0 unspecified atom stereocenters. The van der Waals surface area contributed by atoms with E-state index in [9.17, 15) is 0 Å². The first kappa shape index (κ1) is 8.90. The van der Waals surface area contributed by atoms with Crippen LogP contribution in [0, 0.1) is 0 Å². The second-order valence-electron chi connectivity index (χ2n) is 2.60. The van der Waals surface area contributed by atoms with Crippen molar-refractivity contribution in [3.8, 4) is 0 Å². The van der Waals surface area contributed by atoms with E-state index in [0.717, 1.165) is 20.4 Å².